The summed E-state index contributed by atoms with van der Waals surface area (Å²) in [7, 11) is 0. The van der Waals surface area contributed by atoms with E-state index >= 15 is 0 Å². The zero-order valence-corrected chi connectivity index (χ0v) is 43.7. The van der Waals surface area contributed by atoms with Gasteiger partial charge in [-0.2, -0.15) is 0 Å². The van der Waals surface area contributed by atoms with Gasteiger partial charge < -0.3 is 29.7 Å². The van der Waals surface area contributed by atoms with E-state index in [4.69, 9.17) is 14.2 Å². The molecule has 0 aromatic rings. The van der Waals surface area contributed by atoms with Gasteiger partial charge in [0.1, 0.15) is 17.3 Å². The minimum atomic E-state index is -0.651. The Labute approximate surface area is 390 Å². The third-order valence-electron chi connectivity index (χ3n) is 16.4. The lowest BCUT2D eigenvalue weighted by Crippen LogP contribution is -2.51. The fourth-order valence-corrected chi connectivity index (χ4v) is 12.8. The Morgan fingerprint density at radius 2 is 1.38 bits per heavy atom. The Kier molecular flexibility index (Phi) is 18.0. The van der Waals surface area contributed by atoms with Crippen molar-refractivity contribution in [2.45, 2.75) is 242 Å². The minimum Gasteiger partial charge on any atom is -0.462 e. The van der Waals surface area contributed by atoms with Crippen LogP contribution in [0.4, 0.5) is 9.59 Å². The molecule has 0 heterocycles. The van der Waals surface area contributed by atoms with Crippen molar-refractivity contribution in [2.24, 2.45) is 52.3 Å². The second kappa shape index (κ2) is 21.5. The molecule has 4 rings (SSSR count). The first kappa shape index (κ1) is 53.8. The van der Waals surface area contributed by atoms with E-state index < -0.39 is 34.5 Å². The number of alkyl carbamates (subject to hydrolysis) is 2. The number of ether oxygens (including phenoxy) is 3. The number of nitrogens with one attached hydrogen (secondary N) is 2. The molecule has 4 aliphatic carbocycles. The molecule has 368 valence electrons. The molecule has 9 atom stereocenters. The first-order chi connectivity index (χ1) is 29.5. The Hall–Kier alpha value is -2.78. The number of nitrogens with zero attached hydrogens (tertiary/aromatic N) is 1. The number of allylic oxidation sites excluding steroid dienone is 1. The fraction of sp³-hybridized carbons (Fsp3) is 0.889. The molecule has 64 heavy (non-hydrogen) atoms. The van der Waals surface area contributed by atoms with Crippen molar-refractivity contribution in [3.63, 3.8) is 0 Å². The molecular formula is C54H95N3O7. The molecule has 2 unspecified atom stereocenters. The summed E-state index contributed by atoms with van der Waals surface area (Å²) in [4.78, 5) is 54.3. The van der Waals surface area contributed by atoms with Gasteiger partial charge in [0.25, 0.3) is 0 Å². The third kappa shape index (κ3) is 14.9. The van der Waals surface area contributed by atoms with Gasteiger partial charge in [-0.1, -0.05) is 66.0 Å². The van der Waals surface area contributed by atoms with Crippen LogP contribution in [0.5, 0.6) is 0 Å². The number of hydrogen-bond donors (Lipinski definition) is 2. The van der Waals surface area contributed by atoms with Crippen molar-refractivity contribution in [3.05, 3.63) is 11.6 Å². The van der Waals surface area contributed by atoms with Gasteiger partial charge in [0, 0.05) is 37.0 Å². The summed E-state index contributed by atoms with van der Waals surface area (Å²) >= 11 is 0. The highest BCUT2D eigenvalue weighted by molar-refractivity contribution is 5.81. The van der Waals surface area contributed by atoms with Crippen LogP contribution < -0.4 is 10.6 Å². The molecule has 3 fully saturated rings. The highest BCUT2D eigenvalue weighted by Gasteiger charge is 2.59. The molecule has 3 amide bonds. The first-order valence-corrected chi connectivity index (χ1v) is 25.7. The standard InChI is InChI=1S/C54H95N3O7/c1-17-38(36(2)3)20-19-37(4)42-23-24-43-41-22-21-39-35-40(27-30-53(39,15)44(41)28-31-54(42,43)16)62-46(59)26-25-45(58)57(34-32-52(13,14)56-48(61)64-50(8,9)10)33-18-29-51(11,12)55-47(60)63-49(5,6)7/h21,36-38,40-44H,17-20,22-35H2,1-16H3,(H,55,60)(H,56,61)/t37?,38?,40-,41-,42+,43-,44-,53-,54+/m0/s1. The normalized spacial score (nSPS) is 28.1. The van der Waals surface area contributed by atoms with Crippen LogP contribution in [0.3, 0.4) is 0 Å². The number of amides is 3. The second-order valence-electron chi connectivity index (χ2n) is 25.1. The van der Waals surface area contributed by atoms with E-state index in [0.717, 1.165) is 61.2 Å². The number of fused-ring (bicyclic) bond motifs is 5. The Bertz CT molecular complexity index is 1620. The SMILES string of the molecule is CCC(CCC(C)[C@H]1CC[C@H]2[C@@H]3CC=C4C[C@@H](OC(=O)CCC(=O)N(CCCC(C)(C)NC(=O)OC(C)(C)C)CCC(C)(C)NC(=O)OC(C)(C)C)CC[C@]4(C)[C@H]3CC[C@]12C)C(C)C. The maximum atomic E-state index is 13.9. The molecule has 0 bridgehead atoms. The number of carbonyl (C=O) groups excluding carboxylic acids is 4. The number of carbonyl (C=O) groups is 4. The van der Waals surface area contributed by atoms with Crippen LogP contribution in [-0.4, -0.2) is 70.4 Å². The van der Waals surface area contributed by atoms with E-state index in [1.807, 2.05) is 69.2 Å². The Morgan fingerprint density at radius 1 is 0.766 bits per heavy atom. The lowest BCUT2D eigenvalue weighted by Gasteiger charge is -2.58. The maximum Gasteiger partial charge on any atom is 0.408 e. The van der Waals surface area contributed by atoms with E-state index in [1.165, 1.54) is 50.5 Å². The van der Waals surface area contributed by atoms with Gasteiger partial charge in [0.15, 0.2) is 0 Å². The smallest absolute Gasteiger partial charge is 0.408 e. The molecule has 3 saturated carbocycles. The van der Waals surface area contributed by atoms with Crippen LogP contribution in [0.2, 0.25) is 0 Å². The predicted molar refractivity (Wildman–Crippen MR) is 259 cm³/mol. The van der Waals surface area contributed by atoms with Gasteiger partial charge in [0.05, 0.1) is 6.42 Å². The zero-order chi connectivity index (χ0) is 48.1. The van der Waals surface area contributed by atoms with Gasteiger partial charge in [-0.05, 0) is 192 Å². The molecule has 0 spiro atoms. The number of rotatable bonds is 19. The van der Waals surface area contributed by atoms with Crippen LogP contribution in [0, 0.1) is 52.3 Å². The van der Waals surface area contributed by atoms with Gasteiger partial charge >= 0.3 is 18.2 Å². The van der Waals surface area contributed by atoms with Gasteiger partial charge in [-0.3, -0.25) is 9.59 Å². The fourth-order valence-electron chi connectivity index (χ4n) is 12.8. The van der Waals surface area contributed by atoms with Crippen molar-refractivity contribution in [2.75, 3.05) is 13.1 Å². The van der Waals surface area contributed by atoms with E-state index in [1.54, 1.807) is 4.90 Å². The maximum absolute atomic E-state index is 13.9. The zero-order valence-electron chi connectivity index (χ0n) is 43.7. The van der Waals surface area contributed by atoms with Crippen LogP contribution in [0.25, 0.3) is 0 Å². The van der Waals surface area contributed by atoms with Crippen LogP contribution >= 0.6 is 0 Å². The monoisotopic (exact) mass is 898 g/mol. The molecule has 10 heteroatoms. The van der Waals surface area contributed by atoms with Crippen molar-refractivity contribution < 1.29 is 33.4 Å². The molecule has 0 aromatic heterocycles. The number of esters is 1. The minimum absolute atomic E-state index is 0.0223. The molecule has 0 radical (unpaired) electrons. The van der Waals surface area contributed by atoms with Crippen molar-refractivity contribution in [1.29, 1.82) is 0 Å². The Morgan fingerprint density at radius 3 is 1.95 bits per heavy atom. The van der Waals surface area contributed by atoms with Crippen molar-refractivity contribution in [3.8, 4) is 0 Å². The van der Waals surface area contributed by atoms with Gasteiger partial charge in [-0.25, -0.2) is 9.59 Å². The molecular weight excluding hydrogens is 803 g/mol. The summed E-state index contributed by atoms with van der Waals surface area (Å²) in [6, 6.07) is 0. The van der Waals surface area contributed by atoms with Crippen LogP contribution in [0.1, 0.15) is 214 Å². The van der Waals surface area contributed by atoms with E-state index in [0.29, 0.717) is 43.7 Å². The van der Waals surface area contributed by atoms with E-state index in [-0.39, 0.29) is 36.2 Å². The van der Waals surface area contributed by atoms with Gasteiger partial charge in [0.2, 0.25) is 5.91 Å². The highest BCUT2D eigenvalue weighted by Crippen LogP contribution is 2.67. The van der Waals surface area contributed by atoms with E-state index in [9.17, 15) is 19.2 Å². The average Bonchev–Trinajstić information content (AvgIpc) is 3.50. The summed E-state index contributed by atoms with van der Waals surface area (Å²) in [5.41, 5.74) is -0.344. The van der Waals surface area contributed by atoms with Gasteiger partial charge in [-0.15, -0.1) is 0 Å². The average molecular weight is 898 g/mol. The predicted octanol–water partition coefficient (Wildman–Crippen LogP) is 13.0. The van der Waals surface area contributed by atoms with Crippen LogP contribution in [-0.2, 0) is 23.8 Å². The molecule has 0 aliphatic heterocycles. The van der Waals surface area contributed by atoms with Crippen molar-refractivity contribution in [1.82, 2.24) is 15.5 Å². The molecule has 0 aromatic carbocycles. The quantitative estimate of drug-likeness (QED) is 0.0752. The lowest BCUT2D eigenvalue weighted by molar-refractivity contribution is -0.153. The third-order valence-corrected chi connectivity index (χ3v) is 16.4. The molecule has 2 N–H and O–H groups in total. The molecule has 4 aliphatic rings. The highest BCUT2D eigenvalue weighted by atomic mass is 16.6. The summed E-state index contributed by atoms with van der Waals surface area (Å²) < 4.78 is 17.1. The second-order valence-corrected chi connectivity index (χ2v) is 25.1. The van der Waals surface area contributed by atoms with Crippen molar-refractivity contribution >= 4 is 24.1 Å². The summed E-state index contributed by atoms with van der Waals surface area (Å²) in [6.45, 7) is 34.4. The molecule has 10 nitrogen and oxygen atoms in total. The topological polar surface area (TPSA) is 123 Å². The summed E-state index contributed by atoms with van der Waals surface area (Å²) in [5.74, 6) is 5.06. The molecule has 0 saturated heterocycles. The first-order valence-electron chi connectivity index (χ1n) is 25.7. The van der Waals surface area contributed by atoms with Crippen LogP contribution in [0.15, 0.2) is 11.6 Å². The summed E-state index contributed by atoms with van der Waals surface area (Å²) in [6.07, 6.45) is 16.5. The lowest BCUT2D eigenvalue weighted by atomic mass is 9.47. The van der Waals surface area contributed by atoms with E-state index in [2.05, 4.69) is 58.3 Å². The Balaban J connectivity index is 1.33. The summed E-state index contributed by atoms with van der Waals surface area (Å²) in [5, 5.41) is 5.91. The largest absolute Gasteiger partial charge is 0.462 e. The number of hydrogen-bond acceptors (Lipinski definition) is 7.